The first kappa shape index (κ1) is 7.01. The Morgan fingerprint density at radius 3 is 2.12 bits per heavy atom. The van der Waals surface area contributed by atoms with E-state index < -0.39 is 0 Å². The third kappa shape index (κ3) is 2.23. The molecule has 8 heavy (non-hydrogen) atoms. The summed E-state index contributed by atoms with van der Waals surface area (Å²) < 4.78 is 0. The van der Waals surface area contributed by atoms with Gasteiger partial charge in [0.2, 0.25) is 0 Å². The van der Waals surface area contributed by atoms with Crippen LogP contribution in [0.5, 0.6) is 0 Å². The summed E-state index contributed by atoms with van der Waals surface area (Å²) in [6, 6.07) is 0. The van der Waals surface area contributed by atoms with Crippen LogP contribution in [0, 0.1) is 0 Å². The lowest BCUT2D eigenvalue weighted by atomic mass is 10.4. The molecule has 0 unspecified atom stereocenters. The van der Waals surface area contributed by atoms with Crippen molar-refractivity contribution in [2.45, 2.75) is 6.92 Å². The van der Waals surface area contributed by atoms with Gasteiger partial charge in [0, 0.05) is 19.0 Å². The second kappa shape index (κ2) is 3.07. The van der Waals surface area contributed by atoms with Gasteiger partial charge in [-0.15, -0.1) is 0 Å². The molecule has 0 saturated heterocycles. The van der Waals surface area contributed by atoms with Crippen LogP contribution in [-0.4, -0.2) is 13.3 Å². The normalized spacial score (nSPS) is 14.2. The van der Waals surface area contributed by atoms with E-state index in [0.29, 0.717) is 11.4 Å². The van der Waals surface area contributed by atoms with Crippen LogP contribution in [0.25, 0.3) is 0 Å². The Bertz CT molecular complexity index is 120. The largest absolute Gasteiger partial charge is 0.401 e. The Kier molecular flexibility index (Phi) is 2.69. The smallest absolute Gasteiger partial charge is 0.0683 e. The molecule has 0 spiro atoms. The highest BCUT2D eigenvalue weighted by Crippen LogP contribution is 1.82. The molecule has 0 heterocycles. The molecule has 0 aromatic heterocycles. The first-order valence-corrected chi connectivity index (χ1v) is 2.32. The third-order valence-electron chi connectivity index (χ3n) is 0.724. The van der Waals surface area contributed by atoms with Gasteiger partial charge in [-0.05, 0) is 6.92 Å². The number of aliphatic imine (C=N–C) groups is 1. The predicted molar refractivity (Wildman–Crippen MR) is 35.5 cm³/mol. The standard InChI is InChI=1S/C5H11N3/c1-4(6)5(7)3-8-2/h3H,6-7H2,1-2H3. The minimum Gasteiger partial charge on any atom is -0.401 e. The zero-order valence-electron chi connectivity index (χ0n) is 5.18. The zero-order valence-corrected chi connectivity index (χ0v) is 5.18. The predicted octanol–water partition coefficient (Wildman–Crippen LogP) is -0.164. The summed E-state index contributed by atoms with van der Waals surface area (Å²) in [4.78, 5) is 3.67. The SMILES string of the molecule is CN=CC(N)=C(C)N. The zero-order chi connectivity index (χ0) is 6.57. The highest BCUT2D eigenvalue weighted by atomic mass is 14.7. The van der Waals surface area contributed by atoms with Crippen molar-refractivity contribution < 1.29 is 0 Å². The topological polar surface area (TPSA) is 64.4 Å². The first-order chi connectivity index (χ1) is 3.68. The molecular weight excluding hydrogens is 102 g/mol. The average molecular weight is 113 g/mol. The lowest BCUT2D eigenvalue weighted by Gasteiger charge is -1.91. The molecule has 0 radical (unpaired) electrons. The molecule has 0 bridgehead atoms. The molecule has 0 aliphatic carbocycles. The first-order valence-electron chi connectivity index (χ1n) is 2.32. The van der Waals surface area contributed by atoms with Gasteiger partial charge in [-0.2, -0.15) is 0 Å². The summed E-state index contributed by atoms with van der Waals surface area (Å²) in [5.74, 6) is 0. The molecule has 0 aromatic carbocycles. The molecule has 0 amide bonds. The number of hydrogen-bond donors (Lipinski definition) is 2. The van der Waals surface area contributed by atoms with Crippen molar-refractivity contribution in [3.63, 3.8) is 0 Å². The highest BCUT2D eigenvalue weighted by molar-refractivity contribution is 5.77. The molecule has 3 heteroatoms. The van der Waals surface area contributed by atoms with Crippen molar-refractivity contribution in [2.75, 3.05) is 7.05 Å². The van der Waals surface area contributed by atoms with Gasteiger partial charge in [-0.25, -0.2) is 0 Å². The number of hydrogen-bond acceptors (Lipinski definition) is 3. The van der Waals surface area contributed by atoms with E-state index in [1.165, 1.54) is 6.21 Å². The fraction of sp³-hybridized carbons (Fsp3) is 0.400. The van der Waals surface area contributed by atoms with Crippen LogP contribution in [-0.2, 0) is 0 Å². The lowest BCUT2D eigenvalue weighted by Crippen LogP contribution is -2.07. The fourth-order valence-electron chi connectivity index (χ4n) is 0.241. The van der Waals surface area contributed by atoms with Gasteiger partial charge >= 0.3 is 0 Å². The molecule has 0 saturated carbocycles. The van der Waals surface area contributed by atoms with Crippen LogP contribution in [0.15, 0.2) is 16.4 Å². The maximum atomic E-state index is 5.33. The van der Waals surface area contributed by atoms with Crippen molar-refractivity contribution in [2.24, 2.45) is 16.5 Å². The molecule has 0 rings (SSSR count). The number of nitrogens with two attached hydrogens (primary N) is 2. The summed E-state index contributed by atoms with van der Waals surface area (Å²) in [6.07, 6.45) is 1.52. The Morgan fingerprint density at radius 1 is 1.50 bits per heavy atom. The minimum atomic E-state index is 0.535. The highest BCUT2D eigenvalue weighted by Gasteiger charge is 1.83. The molecule has 0 fully saturated rings. The van der Waals surface area contributed by atoms with Gasteiger partial charge in [0.05, 0.1) is 5.70 Å². The van der Waals surface area contributed by atoms with E-state index in [4.69, 9.17) is 11.5 Å². The lowest BCUT2D eigenvalue weighted by molar-refractivity contribution is 1.23. The van der Waals surface area contributed by atoms with Gasteiger partial charge in [0.25, 0.3) is 0 Å². The van der Waals surface area contributed by atoms with Crippen LogP contribution in [0.2, 0.25) is 0 Å². The Balaban J connectivity index is 4.00. The molecule has 3 nitrogen and oxygen atoms in total. The van der Waals surface area contributed by atoms with Crippen molar-refractivity contribution in [3.8, 4) is 0 Å². The van der Waals surface area contributed by atoms with Crippen molar-refractivity contribution in [1.82, 2.24) is 0 Å². The Hall–Kier alpha value is -0.990. The second-order valence-electron chi connectivity index (χ2n) is 1.53. The monoisotopic (exact) mass is 113 g/mol. The molecule has 46 valence electrons. The fourth-order valence-corrected chi connectivity index (χ4v) is 0.241. The van der Waals surface area contributed by atoms with Gasteiger partial charge in [-0.1, -0.05) is 0 Å². The van der Waals surface area contributed by atoms with Crippen LogP contribution in [0.4, 0.5) is 0 Å². The van der Waals surface area contributed by atoms with E-state index in [9.17, 15) is 0 Å². The van der Waals surface area contributed by atoms with E-state index in [-0.39, 0.29) is 0 Å². The molecular formula is C5H11N3. The van der Waals surface area contributed by atoms with Crippen LogP contribution >= 0.6 is 0 Å². The molecule has 0 aliphatic rings. The third-order valence-corrected chi connectivity index (χ3v) is 0.724. The van der Waals surface area contributed by atoms with Gasteiger partial charge in [0.1, 0.15) is 0 Å². The minimum absolute atomic E-state index is 0.535. The van der Waals surface area contributed by atoms with Crippen molar-refractivity contribution in [3.05, 3.63) is 11.4 Å². The molecule has 0 aliphatic heterocycles. The summed E-state index contributed by atoms with van der Waals surface area (Å²) >= 11 is 0. The van der Waals surface area contributed by atoms with Crippen LogP contribution < -0.4 is 11.5 Å². The molecule has 0 atom stereocenters. The summed E-state index contributed by atoms with van der Waals surface area (Å²) in [7, 11) is 1.65. The Morgan fingerprint density at radius 2 is 2.00 bits per heavy atom. The van der Waals surface area contributed by atoms with E-state index in [1.807, 2.05) is 0 Å². The maximum Gasteiger partial charge on any atom is 0.0683 e. The quantitative estimate of drug-likeness (QED) is 0.464. The van der Waals surface area contributed by atoms with Crippen LogP contribution in [0.3, 0.4) is 0 Å². The van der Waals surface area contributed by atoms with Crippen molar-refractivity contribution >= 4 is 6.21 Å². The van der Waals surface area contributed by atoms with Gasteiger partial charge in [-0.3, -0.25) is 4.99 Å². The van der Waals surface area contributed by atoms with Gasteiger partial charge < -0.3 is 11.5 Å². The second-order valence-corrected chi connectivity index (χ2v) is 1.53. The van der Waals surface area contributed by atoms with Gasteiger partial charge in [0.15, 0.2) is 0 Å². The number of allylic oxidation sites excluding steroid dienone is 2. The average Bonchev–Trinajstić information content (AvgIpc) is 1.67. The van der Waals surface area contributed by atoms with E-state index >= 15 is 0 Å². The van der Waals surface area contributed by atoms with E-state index in [0.717, 1.165) is 0 Å². The van der Waals surface area contributed by atoms with Crippen molar-refractivity contribution in [1.29, 1.82) is 0 Å². The molecule has 4 N–H and O–H groups in total. The summed E-state index contributed by atoms with van der Waals surface area (Å²) in [5, 5.41) is 0. The summed E-state index contributed by atoms with van der Waals surface area (Å²) in [6.45, 7) is 1.73. The number of nitrogens with zero attached hydrogens (tertiary/aromatic N) is 1. The summed E-state index contributed by atoms with van der Waals surface area (Å²) in [5.41, 5.74) is 11.8. The number of rotatable bonds is 1. The van der Waals surface area contributed by atoms with E-state index in [1.54, 1.807) is 14.0 Å². The Labute approximate surface area is 49.1 Å². The maximum absolute atomic E-state index is 5.33. The molecule has 0 aromatic rings. The van der Waals surface area contributed by atoms with Crippen LogP contribution in [0.1, 0.15) is 6.92 Å². The van der Waals surface area contributed by atoms with E-state index in [2.05, 4.69) is 4.99 Å².